The van der Waals surface area contributed by atoms with Gasteiger partial charge in [0.05, 0.1) is 0 Å². The standard InChI is InChI=1S/C56H35NOS/c1-2-10-41-34-42(17-16-36(41)8-1)37-18-26-44(27-19-37)57(45-28-20-38(21-29-45)43-25-32-50-49-12-5-6-15-53(49)59-54(50)35-43)46-30-22-40(23-31-46)47-13-7-14-52-55(47)51-33-24-39-9-3-4-11-48(39)56(51)58-52/h1-35H. The van der Waals surface area contributed by atoms with E-state index in [4.69, 9.17) is 4.42 Å². The Morgan fingerprint density at radius 2 is 0.881 bits per heavy atom. The number of hydrogen-bond donors (Lipinski definition) is 0. The van der Waals surface area contributed by atoms with E-state index in [-0.39, 0.29) is 0 Å². The second-order valence-corrected chi connectivity index (χ2v) is 16.4. The molecule has 12 rings (SSSR count). The first-order valence-corrected chi connectivity index (χ1v) is 20.9. The molecule has 0 saturated heterocycles. The Labute approximate surface area is 345 Å². The van der Waals surface area contributed by atoms with Gasteiger partial charge in [0, 0.05) is 53.4 Å². The van der Waals surface area contributed by atoms with Crippen LogP contribution in [0.15, 0.2) is 217 Å². The highest BCUT2D eigenvalue weighted by Gasteiger charge is 2.17. The van der Waals surface area contributed by atoms with Crippen molar-refractivity contribution in [1.29, 1.82) is 0 Å². The maximum Gasteiger partial charge on any atom is 0.143 e. The van der Waals surface area contributed by atoms with E-state index < -0.39 is 0 Å². The van der Waals surface area contributed by atoms with Crippen LogP contribution < -0.4 is 4.90 Å². The summed E-state index contributed by atoms with van der Waals surface area (Å²) in [5.74, 6) is 0. The Morgan fingerprint density at radius 1 is 0.339 bits per heavy atom. The van der Waals surface area contributed by atoms with Gasteiger partial charge in [-0.15, -0.1) is 11.3 Å². The van der Waals surface area contributed by atoms with E-state index in [0.717, 1.165) is 55.5 Å². The van der Waals surface area contributed by atoms with Crippen LogP contribution in [0.25, 0.3) is 97.0 Å². The van der Waals surface area contributed by atoms with Gasteiger partial charge >= 0.3 is 0 Å². The molecule has 12 aromatic rings. The number of rotatable bonds is 6. The van der Waals surface area contributed by atoms with Gasteiger partial charge < -0.3 is 9.32 Å². The van der Waals surface area contributed by atoms with E-state index in [1.54, 1.807) is 0 Å². The normalized spacial score (nSPS) is 11.7. The molecule has 0 aliphatic carbocycles. The van der Waals surface area contributed by atoms with Crippen molar-refractivity contribution in [2.24, 2.45) is 0 Å². The lowest BCUT2D eigenvalue weighted by molar-refractivity contribution is 0.673. The van der Waals surface area contributed by atoms with E-state index in [1.807, 2.05) is 11.3 Å². The summed E-state index contributed by atoms with van der Waals surface area (Å²) < 4.78 is 9.18. The fourth-order valence-electron chi connectivity index (χ4n) is 8.91. The first-order valence-electron chi connectivity index (χ1n) is 20.1. The third-order valence-corrected chi connectivity index (χ3v) is 13.0. The molecule has 10 aromatic carbocycles. The third kappa shape index (κ3) is 5.70. The quantitative estimate of drug-likeness (QED) is 0.167. The average Bonchev–Trinajstić information content (AvgIpc) is 3.88. The maximum atomic E-state index is 6.54. The van der Waals surface area contributed by atoms with Crippen molar-refractivity contribution >= 4 is 92.1 Å². The van der Waals surface area contributed by atoms with Gasteiger partial charge in [-0.2, -0.15) is 0 Å². The lowest BCUT2D eigenvalue weighted by Gasteiger charge is -2.26. The molecule has 0 radical (unpaired) electrons. The Kier molecular flexibility index (Phi) is 7.75. The SMILES string of the molecule is c1ccc2cc(-c3ccc(N(c4ccc(-c5ccc6c(c5)sc5ccccc56)cc4)c4ccc(-c5cccc6oc7c8ccccc8ccc7c56)cc4)cc3)ccc2c1. The third-order valence-electron chi connectivity index (χ3n) is 11.9. The van der Waals surface area contributed by atoms with Gasteiger partial charge in [-0.05, 0) is 116 Å². The molecule has 2 nitrogen and oxygen atoms in total. The summed E-state index contributed by atoms with van der Waals surface area (Å²) in [4.78, 5) is 2.35. The van der Waals surface area contributed by atoms with Crippen molar-refractivity contribution in [3.05, 3.63) is 212 Å². The van der Waals surface area contributed by atoms with Crippen LogP contribution in [0.2, 0.25) is 0 Å². The Hall–Kier alpha value is -7.46. The molecule has 0 aliphatic rings. The molecule has 3 heteroatoms. The van der Waals surface area contributed by atoms with Crippen molar-refractivity contribution in [2.75, 3.05) is 4.90 Å². The number of hydrogen-bond acceptors (Lipinski definition) is 3. The van der Waals surface area contributed by atoms with Crippen molar-refractivity contribution in [1.82, 2.24) is 0 Å². The highest BCUT2D eigenvalue weighted by atomic mass is 32.1. The number of fused-ring (bicyclic) bond motifs is 9. The van der Waals surface area contributed by atoms with E-state index >= 15 is 0 Å². The number of anilines is 3. The highest BCUT2D eigenvalue weighted by Crippen LogP contribution is 2.42. The molecular formula is C56H35NOS. The van der Waals surface area contributed by atoms with E-state index in [9.17, 15) is 0 Å². The van der Waals surface area contributed by atoms with Crippen LogP contribution in [0.3, 0.4) is 0 Å². The molecule has 0 unspecified atom stereocenters. The van der Waals surface area contributed by atoms with Gasteiger partial charge in [-0.3, -0.25) is 0 Å². The molecule has 0 saturated carbocycles. The van der Waals surface area contributed by atoms with Crippen LogP contribution in [0, 0.1) is 0 Å². The topological polar surface area (TPSA) is 16.4 Å². The van der Waals surface area contributed by atoms with Crippen LogP contribution in [-0.2, 0) is 0 Å². The number of nitrogens with zero attached hydrogens (tertiary/aromatic N) is 1. The number of thiophene rings is 1. The Morgan fingerprint density at radius 3 is 1.63 bits per heavy atom. The van der Waals surface area contributed by atoms with Gasteiger partial charge in [-0.25, -0.2) is 0 Å². The van der Waals surface area contributed by atoms with Gasteiger partial charge in [0.1, 0.15) is 11.2 Å². The fraction of sp³-hybridized carbons (Fsp3) is 0. The predicted octanol–water partition coefficient (Wildman–Crippen LogP) is 16.7. The number of furan rings is 1. The van der Waals surface area contributed by atoms with E-state index in [2.05, 4.69) is 217 Å². The minimum Gasteiger partial charge on any atom is -0.455 e. The Balaban J connectivity index is 0.938. The molecule has 0 atom stereocenters. The molecule has 276 valence electrons. The summed E-state index contributed by atoms with van der Waals surface area (Å²) in [5.41, 5.74) is 12.2. The maximum absolute atomic E-state index is 6.54. The summed E-state index contributed by atoms with van der Waals surface area (Å²) in [6.45, 7) is 0. The largest absolute Gasteiger partial charge is 0.455 e. The summed E-state index contributed by atoms with van der Waals surface area (Å²) in [5, 5.41) is 9.74. The van der Waals surface area contributed by atoms with Gasteiger partial charge in [0.2, 0.25) is 0 Å². The summed E-state index contributed by atoms with van der Waals surface area (Å²) in [6, 6.07) is 77.0. The first kappa shape index (κ1) is 33.7. The molecule has 0 spiro atoms. The van der Waals surface area contributed by atoms with Gasteiger partial charge in [0.25, 0.3) is 0 Å². The number of benzene rings is 10. The average molecular weight is 770 g/mol. The first-order chi connectivity index (χ1) is 29.2. The monoisotopic (exact) mass is 769 g/mol. The molecule has 0 N–H and O–H groups in total. The lowest BCUT2D eigenvalue weighted by Crippen LogP contribution is -2.09. The zero-order chi connectivity index (χ0) is 38.9. The fourth-order valence-corrected chi connectivity index (χ4v) is 10.1. The highest BCUT2D eigenvalue weighted by molar-refractivity contribution is 7.25. The van der Waals surface area contributed by atoms with Crippen LogP contribution >= 0.6 is 11.3 Å². The van der Waals surface area contributed by atoms with Crippen LogP contribution in [0.1, 0.15) is 0 Å². The Bertz CT molecular complexity index is 3540. The predicted molar refractivity (Wildman–Crippen MR) is 253 cm³/mol. The summed E-state index contributed by atoms with van der Waals surface area (Å²) >= 11 is 1.86. The second-order valence-electron chi connectivity index (χ2n) is 15.3. The minimum atomic E-state index is 0.901. The van der Waals surface area contributed by atoms with Crippen LogP contribution in [0.4, 0.5) is 17.1 Å². The van der Waals surface area contributed by atoms with E-state index in [1.165, 1.54) is 58.6 Å². The lowest BCUT2D eigenvalue weighted by atomic mass is 9.97. The minimum absolute atomic E-state index is 0.901. The molecule has 0 amide bonds. The molecule has 2 aromatic heterocycles. The van der Waals surface area contributed by atoms with Crippen molar-refractivity contribution in [2.45, 2.75) is 0 Å². The van der Waals surface area contributed by atoms with Crippen molar-refractivity contribution in [3.8, 4) is 33.4 Å². The van der Waals surface area contributed by atoms with Crippen molar-refractivity contribution in [3.63, 3.8) is 0 Å². The summed E-state index contributed by atoms with van der Waals surface area (Å²) in [7, 11) is 0. The van der Waals surface area contributed by atoms with E-state index in [0.29, 0.717) is 0 Å². The molecule has 2 heterocycles. The zero-order valence-corrected chi connectivity index (χ0v) is 32.8. The van der Waals surface area contributed by atoms with Crippen LogP contribution in [-0.4, -0.2) is 0 Å². The van der Waals surface area contributed by atoms with Gasteiger partial charge in [-0.1, -0.05) is 146 Å². The smallest absolute Gasteiger partial charge is 0.143 e. The van der Waals surface area contributed by atoms with Gasteiger partial charge in [0.15, 0.2) is 0 Å². The van der Waals surface area contributed by atoms with Crippen LogP contribution in [0.5, 0.6) is 0 Å². The molecular weight excluding hydrogens is 735 g/mol. The van der Waals surface area contributed by atoms with Crippen molar-refractivity contribution < 1.29 is 4.42 Å². The zero-order valence-electron chi connectivity index (χ0n) is 32.0. The molecule has 0 bridgehead atoms. The molecule has 0 fully saturated rings. The summed E-state index contributed by atoms with van der Waals surface area (Å²) in [6.07, 6.45) is 0. The molecule has 59 heavy (non-hydrogen) atoms. The molecule has 0 aliphatic heterocycles. The second kappa shape index (κ2) is 13.6.